The number of halogens is 1. The van der Waals surface area contributed by atoms with E-state index in [0.717, 1.165) is 17.0 Å². The van der Waals surface area contributed by atoms with Crippen LogP contribution in [0.1, 0.15) is 31.7 Å². The molecule has 2 aromatic carbocycles. The normalized spacial score (nSPS) is 11.5. The van der Waals surface area contributed by atoms with Crippen LogP contribution in [0, 0.1) is 6.92 Å². The molecule has 0 aliphatic carbocycles. The number of hydrogen-bond acceptors (Lipinski definition) is 6. The molecule has 0 fully saturated rings. The molecule has 4 aromatic rings. The first kappa shape index (κ1) is 23.5. The molecule has 0 aliphatic heterocycles. The summed E-state index contributed by atoms with van der Waals surface area (Å²) >= 11 is 7.62. The third kappa shape index (κ3) is 5.66. The lowest BCUT2D eigenvalue weighted by Crippen LogP contribution is -2.24. The standard InChI is InChI=1S/C25H26ClN3O3S/c1-16(2)31-13-7-12-29-24(30)20-11-10-19(26)14-21(20)28-25(29)33-15-22-17(3)32-23(27-22)18-8-5-4-6-9-18/h4-6,8-11,14,16H,7,12-13,15H2,1-3H3. The molecule has 0 amide bonds. The van der Waals surface area contributed by atoms with Gasteiger partial charge in [0.1, 0.15) is 5.76 Å². The van der Waals surface area contributed by atoms with Crippen LogP contribution in [-0.4, -0.2) is 27.2 Å². The van der Waals surface area contributed by atoms with Crippen molar-refractivity contribution in [3.63, 3.8) is 0 Å². The number of hydrogen-bond donors (Lipinski definition) is 0. The predicted octanol–water partition coefficient (Wildman–Crippen LogP) is 6.12. The Kier molecular flexibility index (Phi) is 7.53. The maximum Gasteiger partial charge on any atom is 0.262 e. The van der Waals surface area contributed by atoms with Crippen LogP contribution in [0.2, 0.25) is 5.02 Å². The van der Waals surface area contributed by atoms with Gasteiger partial charge in [-0.1, -0.05) is 41.6 Å². The van der Waals surface area contributed by atoms with Crippen molar-refractivity contribution in [3.05, 3.63) is 75.4 Å². The number of aryl methyl sites for hydroxylation is 1. The number of benzene rings is 2. The molecule has 172 valence electrons. The highest BCUT2D eigenvalue weighted by Gasteiger charge is 2.16. The lowest BCUT2D eigenvalue weighted by molar-refractivity contribution is 0.0743. The van der Waals surface area contributed by atoms with Crippen LogP contribution < -0.4 is 5.56 Å². The molecular weight excluding hydrogens is 458 g/mol. The van der Waals surface area contributed by atoms with Crippen molar-refractivity contribution < 1.29 is 9.15 Å². The number of nitrogens with zero attached hydrogens (tertiary/aromatic N) is 3. The van der Waals surface area contributed by atoms with Gasteiger partial charge in [0, 0.05) is 29.5 Å². The molecule has 0 radical (unpaired) electrons. The van der Waals surface area contributed by atoms with Crippen molar-refractivity contribution in [2.24, 2.45) is 0 Å². The minimum Gasteiger partial charge on any atom is -0.441 e. The van der Waals surface area contributed by atoms with Gasteiger partial charge in [0.15, 0.2) is 5.16 Å². The van der Waals surface area contributed by atoms with Crippen LogP contribution in [0.5, 0.6) is 0 Å². The van der Waals surface area contributed by atoms with Gasteiger partial charge >= 0.3 is 0 Å². The Morgan fingerprint density at radius 3 is 2.70 bits per heavy atom. The van der Waals surface area contributed by atoms with Gasteiger partial charge in [0.25, 0.3) is 5.56 Å². The highest BCUT2D eigenvalue weighted by atomic mass is 35.5. The van der Waals surface area contributed by atoms with E-state index in [9.17, 15) is 4.79 Å². The maximum absolute atomic E-state index is 13.2. The zero-order valence-corrected chi connectivity index (χ0v) is 20.4. The fraction of sp³-hybridized carbons (Fsp3) is 0.320. The van der Waals surface area contributed by atoms with E-state index < -0.39 is 0 Å². The fourth-order valence-electron chi connectivity index (χ4n) is 3.42. The van der Waals surface area contributed by atoms with Gasteiger partial charge in [-0.15, -0.1) is 0 Å². The second-order valence-electron chi connectivity index (χ2n) is 7.96. The quantitative estimate of drug-likeness (QED) is 0.162. The first-order valence-electron chi connectivity index (χ1n) is 10.9. The molecule has 0 aliphatic rings. The summed E-state index contributed by atoms with van der Waals surface area (Å²) in [4.78, 5) is 22.7. The molecule has 0 atom stereocenters. The van der Waals surface area contributed by atoms with Gasteiger partial charge in [-0.05, 0) is 57.5 Å². The Labute approximate surface area is 202 Å². The van der Waals surface area contributed by atoms with Crippen LogP contribution in [-0.2, 0) is 17.0 Å². The SMILES string of the molecule is Cc1oc(-c2ccccc2)nc1CSc1nc2cc(Cl)ccc2c(=O)n1CCCOC(C)C. The van der Waals surface area contributed by atoms with Crippen molar-refractivity contribution in [2.45, 2.75) is 50.8 Å². The van der Waals surface area contributed by atoms with Crippen molar-refractivity contribution >= 4 is 34.3 Å². The van der Waals surface area contributed by atoms with Crippen LogP contribution in [0.15, 0.2) is 62.9 Å². The summed E-state index contributed by atoms with van der Waals surface area (Å²) in [5.74, 6) is 1.87. The van der Waals surface area contributed by atoms with Gasteiger partial charge in [0.05, 0.1) is 22.7 Å². The Hall–Kier alpha value is -2.61. The van der Waals surface area contributed by atoms with Crippen LogP contribution in [0.25, 0.3) is 22.4 Å². The molecule has 0 bridgehead atoms. The smallest absolute Gasteiger partial charge is 0.262 e. The maximum atomic E-state index is 13.2. The Morgan fingerprint density at radius 2 is 1.94 bits per heavy atom. The summed E-state index contributed by atoms with van der Waals surface area (Å²) in [5, 5.41) is 1.73. The fourth-order valence-corrected chi connectivity index (χ4v) is 4.61. The first-order valence-corrected chi connectivity index (χ1v) is 12.2. The zero-order valence-electron chi connectivity index (χ0n) is 18.9. The average molecular weight is 484 g/mol. The molecule has 0 N–H and O–H groups in total. The molecule has 0 saturated carbocycles. The van der Waals surface area contributed by atoms with Crippen LogP contribution >= 0.6 is 23.4 Å². The third-order valence-electron chi connectivity index (χ3n) is 5.11. The summed E-state index contributed by atoms with van der Waals surface area (Å²) in [5.41, 5.74) is 2.27. The molecule has 0 saturated heterocycles. The number of aromatic nitrogens is 3. The molecule has 2 heterocycles. The van der Waals surface area contributed by atoms with Crippen molar-refractivity contribution in [3.8, 4) is 11.5 Å². The van der Waals surface area contributed by atoms with Gasteiger partial charge in [-0.25, -0.2) is 9.97 Å². The summed E-state index contributed by atoms with van der Waals surface area (Å²) in [6.07, 6.45) is 0.870. The van der Waals surface area contributed by atoms with E-state index in [1.807, 2.05) is 51.1 Å². The molecule has 0 spiro atoms. The minimum absolute atomic E-state index is 0.0782. The Balaban J connectivity index is 1.61. The molecule has 0 unspecified atom stereocenters. The predicted molar refractivity (Wildman–Crippen MR) is 133 cm³/mol. The van der Waals surface area contributed by atoms with E-state index in [0.29, 0.717) is 52.3 Å². The topological polar surface area (TPSA) is 70.2 Å². The van der Waals surface area contributed by atoms with Crippen LogP contribution in [0.4, 0.5) is 0 Å². The number of fused-ring (bicyclic) bond motifs is 1. The highest BCUT2D eigenvalue weighted by molar-refractivity contribution is 7.98. The molecule has 6 nitrogen and oxygen atoms in total. The van der Waals surface area contributed by atoms with Gasteiger partial charge < -0.3 is 9.15 Å². The summed E-state index contributed by atoms with van der Waals surface area (Å²) < 4.78 is 13.3. The van der Waals surface area contributed by atoms with Crippen LogP contribution in [0.3, 0.4) is 0 Å². The summed E-state index contributed by atoms with van der Waals surface area (Å²) in [6.45, 7) is 7.00. The van der Waals surface area contributed by atoms with Crippen molar-refractivity contribution in [1.82, 2.24) is 14.5 Å². The summed E-state index contributed by atoms with van der Waals surface area (Å²) in [7, 11) is 0. The average Bonchev–Trinajstić information content (AvgIpc) is 3.17. The molecule has 2 aromatic heterocycles. The number of oxazole rings is 1. The van der Waals surface area contributed by atoms with E-state index in [1.165, 1.54) is 11.8 Å². The van der Waals surface area contributed by atoms with Gasteiger partial charge in [-0.2, -0.15) is 0 Å². The third-order valence-corrected chi connectivity index (χ3v) is 6.33. The van der Waals surface area contributed by atoms with E-state index in [1.54, 1.807) is 22.8 Å². The van der Waals surface area contributed by atoms with Gasteiger partial charge in [0.2, 0.25) is 5.89 Å². The first-order chi connectivity index (χ1) is 15.9. The van der Waals surface area contributed by atoms with E-state index in [4.69, 9.17) is 25.7 Å². The Morgan fingerprint density at radius 1 is 1.15 bits per heavy atom. The van der Waals surface area contributed by atoms with E-state index in [2.05, 4.69) is 4.98 Å². The molecular formula is C25H26ClN3O3S. The monoisotopic (exact) mass is 483 g/mol. The van der Waals surface area contributed by atoms with Gasteiger partial charge in [-0.3, -0.25) is 9.36 Å². The number of thioether (sulfide) groups is 1. The lowest BCUT2D eigenvalue weighted by Gasteiger charge is -2.14. The second-order valence-corrected chi connectivity index (χ2v) is 9.34. The van der Waals surface area contributed by atoms with Crippen molar-refractivity contribution in [2.75, 3.05) is 6.61 Å². The van der Waals surface area contributed by atoms with E-state index >= 15 is 0 Å². The number of ether oxygens (including phenoxy) is 1. The minimum atomic E-state index is -0.0782. The van der Waals surface area contributed by atoms with E-state index in [-0.39, 0.29) is 11.7 Å². The molecule has 8 heteroatoms. The Bertz CT molecular complexity index is 1300. The highest BCUT2D eigenvalue weighted by Crippen LogP contribution is 2.27. The lowest BCUT2D eigenvalue weighted by atomic mass is 10.2. The zero-order chi connectivity index (χ0) is 23.4. The largest absolute Gasteiger partial charge is 0.441 e. The molecule has 4 rings (SSSR count). The molecule has 33 heavy (non-hydrogen) atoms. The second kappa shape index (κ2) is 10.5. The number of rotatable bonds is 9. The summed E-state index contributed by atoms with van der Waals surface area (Å²) in [6, 6.07) is 15.0. The van der Waals surface area contributed by atoms with Crippen molar-refractivity contribution in [1.29, 1.82) is 0 Å².